The molecule has 0 amide bonds. The molecule has 0 aliphatic heterocycles. The summed E-state index contributed by atoms with van der Waals surface area (Å²) in [6, 6.07) is 4.64. The lowest BCUT2D eigenvalue weighted by atomic mass is 10.1. The van der Waals surface area contributed by atoms with Crippen LogP contribution in [-0.2, 0) is 6.54 Å². The monoisotopic (exact) mass is 526 g/mol. The van der Waals surface area contributed by atoms with Crippen molar-refractivity contribution in [3.63, 3.8) is 0 Å². The molecule has 2 rings (SSSR count). The molecule has 2 aromatic rings. The summed E-state index contributed by atoms with van der Waals surface area (Å²) in [7, 11) is 0. The van der Waals surface area contributed by atoms with E-state index in [1.54, 1.807) is 10.6 Å². The summed E-state index contributed by atoms with van der Waals surface area (Å²) in [6.45, 7) is 11.7. The van der Waals surface area contributed by atoms with Crippen LogP contribution < -0.4 is 15.0 Å². The van der Waals surface area contributed by atoms with Crippen molar-refractivity contribution in [2.45, 2.75) is 105 Å². The number of nitro groups is 1. The van der Waals surface area contributed by atoms with Crippen molar-refractivity contribution in [3.05, 3.63) is 62.0 Å². The molecule has 0 aliphatic carbocycles. The number of ether oxygens (including phenoxy) is 2. The molecule has 0 fully saturated rings. The van der Waals surface area contributed by atoms with Gasteiger partial charge in [-0.15, -0.1) is 0 Å². The zero-order valence-corrected chi connectivity index (χ0v) is 24.0. The van der Waals surface area contributed by atoms with E-state index in [2.05, 4.69) is 40.7 Å². The Balaban J connectivity index is 2.48. The van der Waals surface area contributed by atoms with Crippen molar-refractivity contribution in [2.24, 2.45) is 0 Å². The van der Waals surface area contributed by atoms with Gasteiger partial charge in [-0.1, -0.05) is 69.6 Å². The first-order valence-electron chi connectivity index (χ1n) is 14.2. The summed E-state index contributed by atoms with van der Waals surface area (Å²) in [4.78, 5) is 24.9. The molecule has 210 valence electrons. The van der Waals surface area contributed by atoms with Gasteiger partial charge in [0.25, 0.3) is 11.2 Å². The maximum absolute atomic E-state index is 13.8. The number of rotatable bonds is 18. The van der Waals surface area contributed by atoms with E-state index in [4.69, 9.17) is 9.47 Å². The van der Waals surface area contributed by atoms with E-state index in [1.807, 2.05) is 6.08 Å². The molecule has 0 N–H and O–H groups in total. The van der Waals surface area contributed by atoms with Crippen molar-refractivity contribution in [1.82, 2.24) is 4.57 Å². The summed E-state index contributed by atoms with van der Waals surface area (Å²) >= 11 is 0. The number of aromatic nitrogens is 1. The minimum absolute atomic E-state index is 0.0447. The van der Waals surface area contributed by atoms with Gasteiger partial charge in [-0.05, 0) is 58.6 Å². The third-order valence-corrected chi connectivity index (χ3v) is 6.60. The molecule has 38 heavy (non-hydrogen) atoms. The summed E-state index contributed by atoms with van der Waals surface area (Å²) in [5.74, 6) is 0.572. The standard InChI is InChI=1S/C31H46N2O5/c1-6-8-10-12-20-32-28-23-26(33(35)36)17-18-27(28)29(37-21-13-11-9-7-2)30(31(32)34)38-22-19-25(5)16-14-15-24(3)4/h15,17-19,23H,6-14,16,20-22H2,1-5H3/b25-19+. The van der Waals surface area contributed by atoms with Crippen molar-refractivity contribution in [2.75, 3.05) is 13.2 Å². The quantitative estimate of drug-likeness (QED) is 0.0841. The van der Waals surface area contributed by atoms with Crippen LogP contribution in [0.1, 0.15) is 98.8 Å². The molecule has 0 atom stereocenters. The summed E-state index contributed by atoms with van der Waals surface area (Å²) in [5, 5.41) is 12.2. The predicted molar refractivity (Wildman–Crippen MR) is 157 cm³/mol. The average molecular weight is 527 g/mol. The molecule has 0 radical (unpaired) electrons. The highest BCUT2D eigenvalue weighted by Gasteiger charge is 2.21. The minimum Gasteiger partial charge on any atom is -0.489 e. The van der Waals surface area contributed by atoms with Gasteiger partial charge >= 0.3 is 0 Å². The van der Waals surface area contributed by atoms with Gasteiger partial charge in [-0.3, -0.25) is 14.9 Å². The second-order valence-corrected chi connectivity index (χ2v) is 10.2. The fourth-order valence-corrected chi connectivity index (χ4v) is 4.35. The number of nitrogens with zero attached hydrogens (tertiary/aromatic N) is 2. The SMILES string of the molecule is CCCCCCOc1c(OC/C=C(\C)CCC=C(C)C)c(=O)n(CCCCCC)c2cc([N+](=O)[O-])ccc12. The van der Waals surface area contributed by atoms with Gasteiger partial charge in [-0.2, -0.15) is 0 Å². The lowest BCUT2D eigenvalue weighted by molar-refractivity contribution is -0.384. The number of nitro benzene ring substituents is 1. The Bertz CT molecular complexity index is 1160. The number of hydrogen-bond acceptors (Lipinski definition) is 5. The molecule has 0 aliphatic rings. The Morgan fingerprint density at radius 3 is 2.32 bits per heavy atom. The molecular formula is C31H46N2O5. The van der Waals surface area contributed by atoms with Gasteiger partial charge in [0.2, 0.25) is 5.75 Å². The number of fused-ring (bicyclic) bond motifs is 1. The first-order valence-corrected chi connectivity index (χ1v) is 14.2. The summed E-state index contributed by atoms with van der Waals surface area (Å²) in [5.41, 5.74) is 2.67. The molecule has 7 nitrogen and oxygen atoms in total. The topological polar surface area (TPSA) is 83.6 Å². The number of aryl methyl sites for hydroxylation is 1. The molecule has 0 bridgehead atoms. The Kier molecular flexibility index (Phi) is 13.7. The smallest absolute Gasteiger partial charge is 0.297 e. The van der Waals surface area contributed by atoms with Gasteiger partial charge in [0.1, 0.15) is 6.61 Å². The Labute approximate surface area is 227 Å². The van der Waals surface area contributed by atoms with Crippen LogP contribution >= 0.6 is 0 Å². The van der Waals surface area contributed by atoms with Gasteiger partial charge < -0.3 is 14.0 Å². The number of hydrogen-bond donors (Lipinski definition) is 0. The molecule has 1 aromatic carbocycles. The van der Waals surface area contributed by atoms with Crippen molar-refractivity contribution >= 4 is 16.6 Å². The molecule has 0 spiro atoms. The molecule has 0 saturated heterocycles. The largest absolute Gasteiger partial charge is 0.489 e. The maximum Gasteiger partial charge on any atom is 0.297 e. The van der Waals surface area contributed by atoms with Crippen LogP contribution in [0.2, 0.25) is 0 Å². The van der Waals surface area contributed by atoms with Crippen molar-refractivity contribution in [1.29, 1.82) is 0 Å². The van der Waals surface area contributed by atoms with Crippen LogP contribution in [0.25, 0.3) is 10.9 Å². The third kappa shape index (κ3) is 9.66. The molecule has 7 heteroatoms. The van der Waals surface area contributed by atoms with Crippen molar-refractivity contribution in [3.8, 4) is 11.5 Å². The van der Waals surface area contributed by atoms with Crippen LogP contribution in [0.4, 0.5) is 5.69 Å². The third-order valence-electron chi connectivity index (χ3n) is 6.60. The van der Waals surface area contributed by atoms with E-state index in [0.717, 1.165) is 64.2 Å². The normalized spacial score (nSPS) is 11.6. The molecule has 0 saturated carbocycles. The highest BCUT2D eigenvalue weighted by molar-refractivity contribution is 5.89. The fourth-order valence-electron chi connectivity index (χ4n) is 4.35. The molecule has 0 unspecified atom stereocenters. The van der Waals surface area contributed by atoms with Crippen LogP contribution in [0.3, 0.4) is 0 Å². The second-order valence-electron chi connectivity index (χ2n) is 10.2. The van der Waals surface area contributed by atoms with Crippen LogP contribution in [0, 0.1) is 10.1 Å². The maximum atomic E-state index is 13.8. The molecule has 1 heterocycles. The lowest BCUT2D eigenvalue weighted by Crippen LogP contribution is -2.24. The molecule has 1 aromatic heterocycles. The lowest BCUT2D eigenvalue weighted by Gasteiger charge is -2.18. The van der Waals surface area contributed by atoms with E-state index in [1.165, 1.54) is 23.3 Å². The van der Waals surface area contributed by atoms with E-state index >= 15 is 0 Å². The van der Waals surface area contributed by atoms with Gasteiger partial charge in [0.15, 0.2) is 5.75 Å². The first-order chi connectivity index (χ1) is 18.3. The van der Waals surface area contributed by atoms with E-state index in [9.17, 15) is 14.9 Å². The Morgan fingerprint density at radius 1 is 0.947 bits per heavy atom. The highest BCUT2D eigenvalue weighted by Crippen LogP contribution is 2.35. The van der Waals surface area contributed by atoms with Crippen LogP contribution in [0.5, 0.6) is 11.5 Å². The zero-order chi connectivity index (χ0) is 27.9. The second kappa shape index (κ2) is 16.7. The van der Waals surface area contributed by atoms with E-state index < -0.39 is 4.92 Å². The van der Waals surface area contributed by atoms with Crippen LogP contribution in [-0.4, -0.2) is 22.7 Å². The summed E-state index contributed by atoms with van der Waals surface area (Å²) in [6.07, 6.45) is 14.2. The first kappa shape index (κ1) is 31.1. The fraction of sp³-hybridized carbons (Fsp3) is 0.581. The summed E-state index contributed by atoms with van der Waals surface area (Å²) < 4.78 is 13.9. The van der Waals surface area contributed by atoms with Gasteiger partial charge in [0, 0.05) is 24.1 Å². The Hall–Kier alpha value is -3.09. The van der Waals surface area contributed by atoms with Gasteiger partial charge in [0.05, 0.1) is 17.0 Å². The van der Waals surface area contributed by atoms with E-state index in [-0.39, 0.29) is 23.6 Å². The van der Waals surface area contributed by atoms with Gasteiger partial charge in [-0.25, -0.2) is 0 Å². The Morgan fingerprint density at radius 2 is 1.66 bits per heavy atom. The number of allylic oxidation sites excluding steroid dienone is 3. The predicted octanol–water partition coefficient (Wildman–Crippen LogP) is 8.52. The highest BCUT2D eigenvalue weighted by atomic mass is 16.6. The molecular weight excluding hydrogens is 480 g/mol. The van der Waals surface area contributed by atoms with E-state index in [0.29, 0.717) is 29.8 Å². The number of pyridine rings is 1. The average Bonchev–Trinajstić information content (AvgIpc) is 2.88. The zero-order valence-electron chi connectivity index (χ0n) is 24.0. The number of non-ortho nitro benzene ring substituents is 1. The van der Waals surface area contributed by atoms with Crippen LogP contribution in [0.15, 0.2) is 46.3 Å². The number of unbranched alkanes of at least 4 members (excludes halogenated alkanes) is 6. The minimum atomic E-state index is -0.427. The number of benzene rings is 1. The van der Waals surface area contributed by atoms with Crippen molar-refractivity contribution < 1.29 is 14.4 Å².